The van der Waals surface area contributed by atoms with Gasteiger partial charge in [-0.1, -0.05) is 18.2 Å². The van der Waals surface area contributed by atoms with Gasteiger partial charge < -0.3 is 18.9 Å². The molecule has 8 nitrogen and oxygen atoms in total. The van der Waals surface area contributed by atoms with Crippen LogP contribution in [0.25, 0.3) is 0 Å². The molecule has 0 N–H and O–H groups in total. The van der Waals surface area contributed by atoms with Crippen molar-refractivity contribution >= 4 is 23.9 Å². The monoisotopic (exact) mass is 416 g/mol. The van der Waals surface area contributed by atoms with E-state index in [1.807, 2.05) is 0 Å². The van der Waals surface area contributed by atoms with Crippen molar-refractivity contribution in [3.63, 3.8) is 0 Å². The molecule has 3 aliphatic rings. The molecule has 3 saturated heterocycles. The second kappa shape index (κ2) is 7.19. The first-order chi connectivity index (χ1) is 14.1. The van der Waals surface area contributed by atoms with E-state index >= 15 is 0 Å². The summed E-state index contributed by atoms with van der Waals surface area (Å²) in [6.45, 7) is 5.04. The first-order valence-corrected chi connectivity index (χ1v) is 9.95. The molecule has 2 bridgehead atoms. The summed E-state index contributed by atoms with van der Waals surface area (Å²) in [6, 6.07) is 8.57. The number of ether oxygens (including phenoxy) is 4. The molecule has 4 rings (SSSR count). The van der Waals surface area contributed by atoms with E-state index < -0.39 is 52.8 Å². The molecule has 0 aromatic heterocycles. The van der Waals surface area contributed by atoms with E-state index in [0.717, 1.165) is 0 Å². The minimum atomic E-state index is -1.15. The molecule has 3 aliphatic heterocycles. The van der Waals surface area contributed by atoms with Crippen molar-refractivity contribution < 1.29 is 38.1 Å². The topological polar surface area (TPSA) is 105 Å². The molecule has 1 aromatic rings. The maximum absolute atomic E-state index is 12.3. The Morgan fingerprint density at radius 1 is 1.10 bits per heavy atom. The van der Waals surface area contributed by atoms with Crippen LogP contribution in [0.15, 0.2) is 30.3 Å². The van der Waals surface area contributed by atoms with Gasteiger partial charge in [-0.15, -0.1) is 0 Å². The summed E-state index contributed by atoms with van der Waals surface area (Å²) in [5.41, 5.74) is -1.45. The van der Waals surface area contributed by atoms with Gasteiger partial charge in [0.25, 0.3) is 0 Å². The molecule has 2 unspecified atom stereocenters. The van der Waals surface area contributed by atoms with E-state index in [1.54, 1.807) is 51.1 Å². The number of rotatable bonds is 5. The van der Waals surface area contributed by atoms with Crippen LogP contribution >= 0.6 is 0 Å². The summed E-state index contributed by atoms with van der Waals surface area (Å²) in [6.07, 6.45) is -0.313. The zero-order valence-electron chi connectivity index (χ0n) is 17.1. The SMILES string of the molecule is CC(C)(C)C(=O)OC[C@]12C[C@@H](COC(=O)c3ccccc3)[C@@H](O1)C1C(=O)OC(=O)C12. The van der Waals surface area contributed by atoms with Crippen molar-refractivity contribution in [3.8, 4) is 0 Å². The van der Waals surface area contributed by atoms with Gasteiger partial charge in [-0.05, 0) is 39.3 Å². The largest absolute Gasteiger partial charge is 0.462 e. The number of carbonyl (C=O) groups is 4. The fourth-order valence-corrected chi connectivity index (χ4v) is 4.50. The van der Waals surface area contributed by atoms with Crippen molar-refractivity contribution in [2.45, 2.75) is 38.9 Å². The minimum absolute atomic E-state index is 0.0258. The third kappa shape index (κ3) is 3.39. The molecule has 5 atom stereocenters. The number of carbonyl (C=O) groups excluding carboxylic acids is 4. The highest BCUT2D eigenvalue weighted by Gasteiger charge is 2.72. The van der Waals surface area contributed by atoms with Crippen LogP contribution in [0.5, 0.6) is 0 Å². The summed E-state index contributed by atoms with van der Waals surface area (Å²) >= 11 is 0. The van der Waals surface area contributed by atoms with Crippen LogP contribution in [0.3, 0.4) is 0 Å². The molecule has 0 aliphatic carbocycles. The molecular weight excluding hydrogens is 392 g/mol. The van der Waals surface area contributed by atoms with Gasteiger partial charge in [0.05, 0.1) is 23.7 Å². The standard InChI is InChI=1S/C22H24O8/c1-21(2,3)20(26)28-11-22-9-13(10-27-17(23)12-7-5-4-6-8-12)16(30-22)14-15(22)19(25)29-18(14)24/h4-8,13-16H,9-11H2,1-3H3/t13-,14?,15?,16+,22-/m0/s1. The zero-order valence-corrected chi connectivity index (χ0v) is 17.1. The van der Waals surface area contributed by atoms with Crippen LogP contribution in [-0.2, 0) is 33.3 Å². The van der Waals surface area contributed by atoms with Crippen molar-refractivity contribution in [1.82, 2.24) is 0 Å². The average molecular weight is 416 g/mol. The lowest BCUT2D eigenvalue weighted by Gasteiger charge is -2.32. The molecule has 0 radical (unpaired) electrons. The van der Waals surface area contributed by atoms with Gasteiger partial charge in [0.15, 0.2) is 0 Å². The second-order valence-corrected chi connectivity index (χ2v) is 9.15. The van der Waals surface area contributed by atoms with Gasteiger partial charge in [0.1, 0.15) is 24.0 Å². The van der Waals surface area contributed by atoms with Crippen LogP contribution in [0.2, 0.25) is 0 Å². The van der Waals surface area contributed by atoms with E-state index in [4.69, 9.17) is 18.9 Å². The van der Waals surface area contributed by atoms with Crippen LogP contribution in [0, 0.1) is 23.2 Å². The molecular formula is C22H24O8. The lowest BCUT2D eigenvalue weighted by atomic mass is 9.69. The Morgan fingerprint density at radius 3 is 2.47 bits per heavy atom. The summed E-state index contributed by atoms with van der Waals surface area (Å²) in [7, 11) is 0. The molecule has 0 spiro atoms. The van der Waals surface area contributed by atoms with Crippen molar-refractivity contribution in [3.05, 3.63) is 35.9 Å². The molecule has 0 saturated carbocycles. The molecule has 30 heavy (non-hydrogen) atoms. The van der Waals surface area contributed by atoms with E-state index in [2.05, 4.69) is 0 Å². The Labute approximate surface area is 173 Å². The maximum Gasteiger partial charge on any atom is 0.338 e. The molecule has 1 aromatic carbocycles. The van der Waals surface area contributed by atoms with Gasteiger partial charge in [-0.3, -0.25) is 14.4 Å². The average Bonchev–Trinajstić information content (AvgIpc) is 3.33. The van der Waals surface area contributed by atoms with Crippen LogP contribution < -0.4 is 0 Å². The van der Waals surface area contributed by atoms with E-state index in [-0.39, 0.29) is 19.1 Å². The number of benzene rings is 1. The maximum atomic E-state index is 12.3. The molecule has 3 fully saturated rings. The van der Waals surface area contributed by atoms with Crippen molar-refractivity contribution in [2.75, 3.05) is 13.2 Å². The van der Waals surface area contributed by atoms with Gasteiger partial charge in [-0.25, -0.2) is 4.79 Å². The Kier molecular flexibility index (Phi) is 4.92. The Hall–Kier alpha value is -2.74. The molecule has 160 valence electrons. The third-order valence-electron chi connectivity index (χ3n) is 5.95. The fraction of sp³-hybridized carbons (Fsp3) is 0.545. The predicted molar refractivity (Wildman–Crippen MR) is 101 cm³/mol. The highest BCUT2D eigenvalue weighted by atomic mass is 16.6. The number of cyclic esters (lactones) is 2. The summed E-state index contributed by atoms with van der Waals surface area (Å²) in [4.78, 5) is 49.1. The summed E-state index contributed by atoms with van der Waals surface area (Å²) < 4.78 is 21.8. The molecule has 3 heterocycles. The number of fused-ring (bicyclic) bond motifs is 5. The van der Waals surface area contributed by atoms with Gasteiger partial charge in [0, 0.05) is 5.92 Å². The quantitative estimate of drug-likeness (QED) is 0.407. The van der Waals surface area contributed by atoms with Crippen LogP contribution in [0.4, 0.5) is 0 Å². The van der Waals surface area contributed by atoms with Gasteiger partial charge in [0.2, 0.25) is 0 Å². The normalized spacial score (nSPS) is 32.0. The Balaban J connectivity index is 1.49. The highest BCUT2D eigenvalue weighted by molar-refractivity contribution is 5.98. The van der Waals surface area contributed by atoms with Crippen LogP contribution in [-0.4, -0.2) is 48.8 Å². The fourth-order valence-electron chi connectivity index (χ4n) is 4.50. The lowest BCUT2D eigenvalue weighted by Crippen LogP contribution is -2.47. The molecule has 8 heteroatoms. The first kappa shape index (κ1) is 20.5. The lowest BCUT2D eigenvalue weighted by molar-refractivity contribution is -0.169. The smallest absolute Gasteiger partial charge is 0.338 e. The van der Waals surface area contributed by atoms with Crippen molar-refractivity contribution in [2.24, 2.45) is 23.2 Å². The zero-order chi connectivity index (χ0) is 21.7. The third-order valence-corrected chi connectivity index (χ3v) is 5.95. The van der Waals surface area contributed by atoms with E-state index in [0.29, 0.717) is 12.0 Å². The number of hydrogen-bond acceptors (Lipinski definition) is 8. The predicted octanol–water partition coefficient (Wildman–Crippen LogP) is 1.91. The van der Waals surface area contributed by atoms with E-state index in [9.17, 15) is 19.2 Å². The summed E-state index contributed by atoms with van der Waals surface area (Å²) in [5.74, 6) is -4.11. The van der Waals surface area contributed by atoms with Gasteiger partial charge in [-0.2, -0.15) is 0 Å². The molecule has 0 amide bonds. The number of hydrogen-bond donors (Lipinski definition) is 0. The first-order valence-electron chi connectivity index (χ1n) is 9.95. The number of esters is 4. The van der Waals surface area contributed by atoms with Gasteiger partial charge >= 0.3 is 23.9 Å². The Bertz CT molecular complexity index is 886. The second-order valence-electron chi connectivity index (χ2n) is 9.15. The Morgan fingerprint density at radius 2 is 1.80 bits per heavy atom. The van der Waals surface area contributed by atoms with E-state index in [1.165, 1.54) is 0 Å². The van der Waals surface area contributed by atoms with Crippen LogP contribution in [0.1, 0.15) is 37.6 Å². The van der Waals surface area contributed by atoms with Crippen molar-refractivity contribution in [1.29, 1.82) is 0 Å². The minimum Gasteiger partial charge on any atom is -0.462 e. The highest BCUT2D eigenvalue weighted by Crippen LogP contribution is 2.57. The summed E-state index contributed by atoms with van der Waals surface area (Å²) in [5, 5.41) is 0.